The summed E-state index contributed by atoms with van der Waals surface area (Å²) in [6, 6.07) is 4.14. The molecule has 0 aromatic heterocycles. The van der Waals surface area contributed by atoms with E-state index >= 15 is 0 Å². The molecule has 1 aromatic carbocycles. The number of ketones is 1. The molecule has 1 heterocycles. The summed E-state index contributed by atoms with van der Waals surface area (Å²) >= 11 is 3.67. The average molecular weight is 364 g/mol. The number of Topliss-reactive ketones (excluding diaryl/α,β-unsaturated/α-hetero) is 1. The topological polar surface area (TPSA) is 20.3 Å². The van der Waals surface area contributed by atoms with Crippen LogP contribution in [0.2, 0.25) is 0 Å². The van der Waals surface area contributed by atoms with Crippen molar-refractivity contribution in [2.75, 3.05) is 19.6 Å². The van der Waals surface area contributed by atoms with Crippen LogP contribution >= 0.6 is 15.9 Å². The summed E-state index contributed by atoms with van der Waals surface area (Å²) in [5.41, 5.74) is 3.71. The van der Waals surface area contributed by atoms with Gasteiger partial charge in [-0.1, -0.05) is 22.9 Å². The van der Waals surface area contributed by atoms with E-state index in [0.29, 0.717) is 5.78 Å². The number of hydrogen-bond donors (Lipinski definition) is 0. The highest BCUT2D eigenvalue weighted by Crippen LogP contribution is 2.32. The van der Waals surface area contributed by atoms with Crippen LogP contribution in [0.5, 0.6) is 0 Å². The maximum atomic E-state index is 13.1. The lowest BCUT2D eigenvalue weighted by atomic mass is 9.84. The highest BCUT2D eigenvalue weighted by molar-refractivity contribution is 9.10. The molecule has 0 saturated carbocycles. The molecule has 2 aliphatic rings. The van der Waals surface area contributed by atoms with Gasteiger partial charge >= 0.3 is 0 Å². The molecule has 0 amide bonds. The van der Waals surface area contributed by atoms with Crippen LogP contribution < -0.4 is 0 Å². The van der Waals surface area contributed by atoms with Crippen LogP contribution in [0, 0.1) is 5.92 Å². The fourth-order valence-corrected chi connectivity index (χ4v) is 4.52. The monoisotopic (exact) mass is 363 g/mol. The molecule has 1 fully saturated rings. The van der Waals surface area contributed by atoms with Crippen LogP contribution in [0.25, 0.3) is 0 Å². The first-order chi connectivity index (χ1) is 10.7. The Bertz CT molecular complexity index is 549. The van der Waals surface area contributed by atoms with Crippen molar-refractivity contribution in [2.45, 2.75) is 51.9 Å². The molecule has 2 nitrogen and oxygen atoms in total. The minimum Gasteiger partial charge on any atom is -0.303 e. The predicted octanol–water partition coefficient (Wildman–Crippen LogP) is 4.63. The SMILES string of the molecule is CCC(CN1CCCC1)C(=O)c1ccc(Br)c2c1CCCC2. The van der Waals surface area contributed by atoms with Crippen LogP contribution in [0.3, 0.4) is 0 Å². The lowest BCUT2D eigenvalue weighted by molar-refractivity contribution is 0.0884. The Balaban J connectivity index is 1.83. The number of rotatable bonds is 5. The molecule has 0 N–H and O–H groups in total. The Morgan fingerprint density at radius 1 is 1.14 bits per heavy atom. The minimum atomic E-state index is 0.158. The standard InChI is InChI=1S/C19H26BrNO/c1-2-14(13-21-11-5-6-12-21)19(22)17-9-10-18(20)16-8-4-3-7-15(16)17/h9-10,14H,2-8,11-13H2,1H3. The molecule has 0 radical (unpaired) electrons. The van der Waals surface area contributed by atoms with Crippen LogP contribution in [0.1, 0.15) is 60.5 Å². The normalized spacial score (nSPS) is 19.9. The van der Waals surface area contributed by atoms with E-state index in [4.69, 9.17) is 0 Å². The van der Waals surface area contributed by atoms with Gasteiger partial charge in [-0.05, 0) is 81.3 Å². The number of benzene rings is 1. The number of nitrogens with zero attached hydrogens (tertiary/aromatic N) is 1. The quantitative estimate of drug-likeness (QED) is 0.710. The third-order valence-electron chi connectivity index (χ3n) is 5.28. The van der Waals surface area contributed by atoms with Gasteiger partial charge in [0.2, 0.25) is 0 Å². The van der Waals surface area contributed by atoms with E-state index in [2.05, 4.69) is 39.9 Å². The first kappa shape index (κ1) is 16.2. The van der Waals surface area contributed by atoms with Gasteiger partial charge in [0.25, 0.3) is 0 Å². The van der Waals surface area contributed by atoms with Gasteiger partial charge in [-0.15, -0.1) is 0 Å². The predicted molar refractivity (Wildman–Crippen MR) is 94.6 cm³/mol. The van der Waals surface area contributed by atoms with Crippen LogP contribution in [0.15, 0.2) is 16.6 Å². The third-order valence-corrected chi connectivity index (χ3v) is 6.03. The fourth-order valence-electron chi connectivity index (χ4n) is 3.95. The number of carbonyl (C=O) groups excluding carboxylic acids is 1. The van der Waals surface area contributed by atoms with E-state index in [0.717, 1.165) is 31.4 Å². The van der Waals surface area contributed by atoms with Crippen LogP contribution in [-0.2, 0) is 12.8 Å². The lowest BCUT2D eigenvalue weighted by Gasteiger charge is -2.25. The third kappa shape index (κ3) is 3.30. The second-order valence-corrected chi connectivity index (χ2v) is 7.59. The fraction of sp³-hybridized carbons (Fsp3) is 0.632. The van der Waals surface area contributed by atoms with E-state index in [1.807, 2.05) is 0 Å². The number of hydrogen-bond acceptors (Lipinski definition) is 2. The summed E-state index contributed by atoms with van der Waals surface area (Å²) in [5.74, 6) is 0.533. The summed E-state index contributed by atoms with van der Waals surface area (Å²) < 4.78 is 1.19. The Morgan fingerprint density at radius 3 is 2.50 bits per heavy atom. The van der Waals surface area contributed by atoms with Gasteiger partial charge in [-0.3, -0.25) is 4.79 Å². The van der Waals surface area contributed by atoms with E-state index in [1.54, 1.807) is 0 Å². The second kappa shape index (κ2) is 7.27. The molecule has 120 valence electrons. The highest BCUT2D eigenvalue weighted by Gasteiger charge is 2.26. The minimum absolute atomic E-state index is 0.158. The molecule has 1 aromatic rings. The molecule has 1 saturated heterocycles. The Morgan fingerprint density at radius 2 is 1.82 bits per heavy atom. The molecule has 3 heteroatoms. The number of carbonyl (C=O) groups is 1. The van der Waals surface area contributed by atoms with E-state index in [9.17, 15) is 4.79 Å². The zero-order valence-corrected chi connectivity index (χ0v) is 15.1. The van der Waals surface area contributed by atoms with E-state index < -0.39 is 0 Å². The molecule has 1 unspecified atom stereocenters. The van der Waals surface area contributed by atoms with Crippen molar-refractivity contribution in [1.82, 2.24) is 4.90 Å². The summed E-state index contributed by atoms with van der Waals surface area (Å²) in [6.45, 7) is 5.44. The molecule has 1 atom stereocenters. The van der Waals surface area contributed by atoms with Crippen LogP contribution in [-0.4, -0.2) is 30.3 Å². The summed E-state index contributed by atoms with van der Waals surface area (Å²) in [4.78, 5) is 15.6. The van der Waals surface area contributed by atoms with Gasteiger partial charge in [0.15, 0.2) is 5.78 Å². The first-order valence-electron chi connectivity index (χ1n) is 8.77. The Labute approximate surface area is 142 Å². The number of likely N-dealkylation sites (tertiary alicyclic amines) is 1. The van der Waals surface area contributed by atoms with Crippen molar-refractivity contribution in [3.63, 3.8) is 0 Å². The second-order valence-electron chi connectivity index (χ2n) is 6.74. The van der Waals surface area contributed by atoms with Crippen molar-refractivity contribution in [2.24, 2.45) is 5.92 Å². The molecule has 0 spiro atoms. The van der Waals surface area contributed by atoms with Gasteiger partial charge in [0.05, 0.1) is 0 Å². The van der Waals surface area contributed by atoms with Crippen molar-refractivity contribution < 1.29 is 4.79 Å². The highest BCUT2D eigenvalue weighted by atomic mass is 79.9. The van der Waals surface area contributed by atoms with Crippen molar-refractivity contribution in [3.05, 3.63) is 33.3 Å². The maximum Gasteiger partial charge on any atom is 0.167 e. The summed E-state index contributed by atoms with van der Waals surface area (Å²) in [5, 5.41) is 0. The average Bonchev–Trinajstić information content (AvgIpc) is 3.06. The molecule has 0 bridgehead atoms. The van der Waals surface area contributed by atoms with Gasteiger partial charge in [-0.25, -0.2) is 0 Å². The largest absolute Gasteiger partial charge is 0.303 e. The summed E-state index contributed by atoms with van der Waals surface area (Å²) in [7, 11) is 0. The smallest absolute Gasteiger partial charge is 0.167 e. The zero-order chi connectivity index (χ0) is 15.5. The molecular weight excluding hydrogens is 338 g/mol. The molecular formula is C19H26BrNO. The maximum absolute atomic E-state index is 13.1. The van der Waals surface area contributed by atoms with Gasteiger partial charge < -0.3 is 4.90 Å². The number of fused-ring (bicyclic) bond motifs is 1. The number of halogens is 1. The van der Waals surface area contributed by atoms with Gasteiger partial charge in [-0.2, -0.15) is 0 Å². The first-order valence-corrected chi connectivity index (χ1v) is 9.56. The molecule has 1 aliphatic carbocycles. The van der Waals surface area contributed by atoms with Crippen molar-refractivity contribution in [1.29, 1.82) is 0 Å². The molecule has 3 rings (SSSR count). The van der Waals surface area contributed by atoms with Crippen LogP contribution in [0.4, 0.5) is 0 Å². The Hall–Kier alpha value is -0.670. The summed E-state index contributed by atoms with van der Waals surface area (Å²) in [6.07, 6.45) is 8.16. The van der Waals surface area contributed by atoms with Gasteiger partial charge in [0.1, 0.15) is 0 Å². The van der Waals surface area contributed by atoms with E-state index in [1.165, 1.54) is 54.4 Å². The lowest BCUT2D eigenvalue weighted by Crippen LogP contribution is -2.31. The van der Waals surface area contributed by atoms with E-state index in [-0.39, 0.29) is 5.92 Å². The van der Waals surface area contributed by atoms with Crippen molar-refractivity contribution in [3.8, 4) is 0 Å². The van der Waals surface area contributed by atoms with Gasteiger partial charge in [0, 0.05) is 22.5 Å². The zero-order valence-electron chi connectivity index (χ0n) is 13.5. The van der Waals surface area contributed by atoms with Crippen molar-refractivity contribution >= 4 is 21.7 Å². The Kier molecular flexibility index (Phi) is 5.35. The molecule has 1 aliphatic heterocycles. The molecule has 22 heavy (non-hydrogen) atoms.